The lowest BCUT2D eigenvalue weighted by molar-refractivity contribution is 0.0788. The van der Waals surface area contributed by atoms with Crippen LogP contribution < -0.4 is 4.74 Å². The number of hydrogen-bond donors (Lipinski definition) is 2. The Bertz CT molecular complexity index is 420. The van der Waals surface area contributed by atoms with Gasteiger partial charge < -0.3 is 19.8 Å². The van der Waals surface area contributed by atoms with Crippen LogP contribution in [0.25, 0.3) is 0 Å². The number of ether oxygens (including phenoxy) is 1. The smallest absolute Gasteiger partial charge is 0.257 e. The van der Waals surface area contributed by atoms with Crippen LogP contribution in [0.5, 0.6) is 11.5 Å². The quantitative estimate of drug-likeness (QED) is 0.737. The van der Waals surface area contributed by atoms with Gasteiger partial charge in [-0.05, 0) is 37.5 Å². The summed E-state index contributed by atoms with van der Waals surface area (Å²) in [4.78, 5) is 13.7. The predicted octanol–water partition coefficient (Wildman–Crippen LogP) is 1.64. The number of hydrogen-bond acceptors (Lipinski definition) is 4. The van der Waals surface area contributed by atoms with Crippen LogP contribution in [-0.2, 0) is 0 Å². The average Bonchev–Trinajstić information content (AvgIpc) is 2.43. The SMILES string of the molecule is COc1ccc(O)c(C(=O)N(C)CCCCCO)c1. The fourth-order valence-electron chi connectivity index (χ4n) is 1.76. The van der Waals surface area contributed by atoms with Crippen LogP contribution >= 0.6 is 0 Å². The van der Waals surface area contributed by atoms with Crippen LogP contribution in [0.3, 0.4) is 0 Å². The highest BCUT2D eigenvalue weighted by molar-refractivity contribution is 5.97. The standard InChI is InChI=1S/C14H21NO4/c1-15(8-4-3-5-9-16)14(18)12-10-11(19-2)6-7-13(12)17/h6-7,10,16-17H,3-5,8-9H2,1-2H3. The zero-order chi connectivity index (χ0) is 14.3. The molecule has 1 amide bonds. The van der Waals surface area contributed by atoms with Crippen LogP contribution in [0.1, 0.15) is 29.6 Å². The molecule has 19 heavy (non-hydrogen) atoms. The molecule has 0 bridgehead atoms. The van der Waals surface area contributed by atoms with Crippen LogP contribution in [0.4, 0.5) is 0 Å². The Morgan fingerprint density at radius 3 is 2.68 bits per heavy atom. The zero-order valence-electron chi connectivity index (χ0n) is 11.4. The minimum atomic E-state index is -0.236. The van der Waals surface area contributed by atoms with Gasteiger partial charge in [-0.15, -0.1) is 0 Å². The molecule has 0 saturated heterocycles. The van der Waals surface area contributed by atoms with Gasteiger partial charge in [-0.2, -0.15) is 0 Å². The lowest BCUT2D eigenvalue weighted by Crippen LogP contribution is -2.27. The molecule has 0 unspecified atom stereocenters. The number of unbranched alkanes of at least 4 members (excludes halogenated alkanes) is 2. The maximum absolute atomic E-state index is 12.2. The molecule has 0 atom stereocenters. The third-order valence-corrected chi connectivity index (χ3v) is 2.93. The number of aliphatic hydroxyl groups excluding tert-OH is 1. The van der Waals surface area contributed by atoms with Crippen molar-refractivity contribution in [2.75, 3.05) is 27.3 Å². The molecule has 0 aliphatic carbocycles. The van der Waals surface area contributed by atoms with Crippen molar-refractivity contribution >= 4 is 5.91 Å². The Morgan fingerprint density at radius 2 is 2.05 bits per heavy atom. The van der Waals surface area contributed by atoms with E-state index in [0.29, 0.717) is 12.3 Å². The van der Waals surface area contributed by atoms with Crippen LogP contribution in [0, 0.1) is 0 Å². The number of phenolic OH excluding ortho intramolecular Hbond substituents is 1. The van der Waals surface area contributed by atoms with Crippen molar-refractivity contribution in [3.05, 3.63) is 23.8 Å². The predicted molar refractivity (Wildman–Crippen MR) is 72.6 cm³/mol. The number of carbonyl (C=O) groups excluding carboxylic acids is 1. The number of carbonyl (C=O) groups is 1. The largest absolute Gasteiger partial charge is 0.507 e. The third kappa shape index (κ3) is 4.44. The van der Waals surface area contributed by atoms with Crippen LogP contribution in [0.15, 0.2) is 18.2 Å². The monoisotopic (exact) mass is 267 g/mol. The van der Waals surface area contributed by atoms with E-state index in [1.807, 2.05) is 0 Å². The first-order chi connectivity index (χ1) is 9.10. The van der Waals surface area contributed by atoms with Crippen molar-refractivity contribution in [2.45, 2.75) is 19.3 Å². The second kappa shape index (κ2) is 7.63. The molecule has 0 aromatic heterocycles. The summed E-state index contributed by atoms with van der Waals surface area (Å²) in [5, 5.41) is 18.4. The summed E-state index contributed by atoms with van der Waals surface area (Å²) < 4.78 is 5.04. The van der Waals surface area contributed by atoms with Crippen molar-refractivity contribution < 1.29 is 19.7 Å². The summed E-state index contributed by atoms with van der Waals surface area (Å²) in [7, 11) is 3.21. The summed E-state index contributed by atoms with van der Waals surface area (Å²) >= 11 is 0. The minimum Gasteiger partial charge on any atom is -0.507 e. The number of benzene rings is 1. The molecule has 0 fully saturated rings. The second-order valence-electron chi connectivity index (χ2n) is 4.39. The van der Waals surface area contributed by atoms with Gasteiger partial charge in [-0.25, -0.2) is 0 Å². The van der Waals surface area contributed by atoms with Gasteiger partial charge in [0.25, 0.3) is 5.91 Å². The minimum absolute atomic E-state index is 0.0481. The molecule has 0 heterocycles. The Balaban J connectivity index is 2.65. The summed E-state index contributed by atoms with van der Waals surface area (Å²) in [5.74, 6) is 0.253. The van der Waals surface area contributed by atoms with Crippen molar-refractivity contribution in [1.29, 1.82) is 0 Å². The molecule has 1 rings (SSSR count). The fraction of sp³-hybridized carbons (Fsp3) is 0.500. The van der Waals surface area contributed by atoms with Crippen LogP contribution in [-0.4, -0.2) is 48.3 Å². The number of aromatic hydroxyl groups is 1. The molecule has 0 spiro atoms. The average molecular weight is 267 g/mol. The third-order valence-electron chi connectivity index (χ3n) is 2.93. The Labute approximate surface area is 113 Å². The van der Waals surface area contributed by atoms with Crippen molar-refractivity contribution in [3.63, 3.8) is 0 Å². The number of nitrogens with zero attached hydrogens (tertiary/aromatic N) is 1. The van der Waals surface area contributed by atoms with E-state index < -0.39 is 0 Å². The summed E-state index contributed by atoms with van der Waals surface area (Å²) in [5.41, 5.74) is 0.240. The van der Waals surface area contributed by atoms with Gasteiger partial charge >= 0.3 is 0 Å². The molecule has 5 nitrogen and oxygen atoms in total. The van der Waals surface area contributed by atoms with Gasteiger partial charge in [-0.1, -0.05) is 0 Å². The summed E-state index contributed by atoms with van der Waals surface area (Å²) in [6, 6.07) is 4.58. The van der Waals surface area contributed by atoms with E-state index in [-0.39, 0.29) is 23.8 Å². The first kappa shape index (κ1) is 15.3. The molecule has 0 radical (unpaired) electrons. The zero-order valence-corrected chi connectivity index (χ0v) is 11.4. The topological polar surface area (TPSA) is 70.0 Å². The van der Waals surface area contributed by atoms with E-state index in [1.54, 1.807) is 18.0 Å². The highest BCUT2D eigenvalue weighted by Crippen LogP contribution is 2.24. The van der Waals surface area contributed by atoms with E-state index in [0.717, 1.165) is 19.3 Å². The molecule has 0 saturated carbocycles. The summed E-state index contributed by atoms with van der Waals surface area (Å²) in [6.07, 6.45) is 2.44. The normalized spacial score (nSPS) is 10.3. The molecule has 106 valence electrons. The Morgan fingerprint density at radius 1 is 1.32 bits per heavy atom. The van der Waals surface area contributed by atoms with Crippen LogP contribution in [0.2, 0.25) is 0 Å². The van der Waals surface area contributed by atoms with Gasteiger partial charge in [0.05, 0.1) is 12.7 Å². The number of aliphatic hydroxyl groups is 1. The van der Waals surface area contributed by atoms with E-state index in [2.05, 4.69) is 0 Å². The molecule has 1 aromatic rings. The number of methoxy groups -OCH3 is 1. The van der Waals surface area contributed by atoms with Crippen molar-refractivity contribution in [3.8, 4) is 11.5 Å². The first-order valence-electron chi connectivity index (χ1n) is 6.33. The molecule has 5 heteroatoms. The molecule has 0 aliphatic rings. The maximum Gasteiger partial charge on any atom is 0.257 e. The van der Waals surface area contributed by atoms with E-state index in [1.165, 1.54) is 19.2 Å². The van der Waals surface area contributed by atoms with E-state index in [9.17, 15) is 9.90 Å². The second-order valence-corrected chi connectivity index (χ2v) is 4.39. The highest BCUT2D eigenvalue weighted by atomic mass is 16.5. The molecule has 2 N–H and O–H groups in total. The van der Waals surface area contributed by atoms with Gasteiger partial charge in [0.2, 0.25) is 0 Å². The molecular weight excluding hydrogens is 246 g/mol. The highest BCUT2D eigenvalue weighted by Gasteiger charge is 2.16. The first-order valence-corrected chi connectivity index (χ1v) is 6.33. The van der Waals surface area contributed by atoms with Gasteiger partial charge in [0, 0.05) is 20.2 Å². The molecule has 0 aliphatic heterocycles. The molecule has 1 aromatic carbocycles. The number of amides is 1. The summed E-state index contributed by atoms with van der Waals surface area (Å²) in [6.45, 7) is 0.768. The van der Waals surface area contributed by atoms with Gasteiger partial charge in [0.1, 0.15) is 11.5 Å². The Kier molecular flexibility index (Phi) is 6.15. The van der Waals surface area contributed by atoms with Crippen molar-refractivity contribution in [2.24, 2.45) is 0 Å². The van der Waals surface area contributed by atoms with E-state index >= 15 is 0 Å². The Hall–Kier alpha value is -1.75. The maximum atomic E-state index is 12.2. The molecular formula is C14H21NO4. The van der Waals surface area contributed by atoms with E-state index in [4.69, 9.17) is 9.84 Å². The fourth-order valence-corrected chi connectivity index (χ4v) is 1.76. The number of phenols is 1. The lowest BCUT2D eigenvalue weighted by atomic mass is 10.1. The lowest BCUT2D eigenvalue weighted by Gasteiger charge is -2.18. The van der Waals surface area contributed by atoms with Gasteiger partial charge in [-0.3, -0.25) is 4.79 Å². The van der Waals surface area contributed by atoms with Crippen molar-refractivity contribution in [1.82, 2.24) is 4.90 Å². The van der Waals surface area contributed by atoms with Gasteiger partial charge in [0.15, 0.2) is 0 Å². The number of rotatable bonds is 7.